The molecule has 0 saturated heterocycles. The Labute approximate surface area is 147 Å². The Morgan fingerprint density at radius 1 is 1.29 bits per heavy atom. The highest BCUT2D eigenvalue weighted by Gasteiger charge is 2.20. The summed E-state index contributed by atoms with van der Waals surface area (Å²) in [4.78, 5) is 0. The van der Waals surface area contributed by atoms with Crippen LogP contribution in [-0.2, 0) is 0 Å². The van der Waals surface area contributed by atoms with Gasteiger partial charge in [0.2, 0.25) is 0 Å². The minimum Gasteiger partial charge on any atom is -0.495 e. The van der Waals surface area contributed by atoms with Gasteiger partial charge in [0.25, 0.3) is 0 Å². The fraction of sp³-hybridized carbons (Fsp3) is 0.333. The summed E-state index contributed by atoms with van der Waals surface area (Å²) in [7, 11) is 1.58. The van der Waals surface area contributed by atoms with Gasteiger partial charge in [-0.05, 0) is 57.5 Å². The van der Waals surface area contributed by atoms with Crippen LogP contribution < -0.4 is 10.1 Å². The first-order chi connectivity index (χ1) is 10.1. The number of benzene rings is 1. The lowest BCUT2D eigenvalue weighted by Gasteiger charge is -2.20. The van der Waals surface area contributed by atoms with Crippen LogP contribution in [0.4, 0.5) is 0 Å². The van der Waals surface area contributed by atoms with Crippen molar-refractivity contribution in [3.05, 3.63) is 48.5 Å². The van der Waals surface area contributed by atoms with Crippen LogP contribution in [0.3, 0.4) is 0 Å². The number of ether oxygens (including phenoxy) is 1. The summed E-state index contributed by atoms with van der Waals surface area (Å²) in [6.07, 6.45) is 1.04. The lowest BCUT2D eigenvalue weighted by Crippen LogP contribution is -2.23. The molecule has 6 heteroatoms. The second-order valence-corrected chi connectivity index (χ2v) is 7.68. The molecule has 1 atom stereocenters. The molecule has 2 rings (SSSR count). The summed E-state index contributed by atoms with van der Waals surface area (Å²) >= 11 is 17.8. The molecule has 2 nitrogen and oxygen atoms in total. The molecule has 0 aliphatic carbocycles. The highest BCUT2D eigenvalue weighted by molar-refractivity contribution is 9.11. The SMILES string of the molecule is CCCNC(c1csc(Br)c1)c1cc(Cl)c(OC)cc1Cl. The van der Waals surface area contributed by atoms with Crippen LogP contribution in [0.15, 0.2) is 27.4 Å². The smallest absolute Gasteiger partial charge is 0.138 e. The highest BCUT2D eigenvalue weighted by atomic mass is 79.9. The largest absolute Gasteiger partial charge is 0.495 e. The third kappa shape index (κ3) is 4.14. The van der Waals surface area contributed by atoms with E-state index in [4.69, 9.17) is 27.9 Å². The Morgan fingerprint density at radius 2 is 2.05 bits per heavy atom. The summed E-state index contributed by atoms with van der Waals surface area (Å²) in [5, 5.41) is 6.85. The van der Waals surface area contributed by atoms with Gasteiger partial charge >= 0.3 is 0 Å². The van der Waals surface area contributed by atoms with E-state index in [1.165, 1.54) is 5.56 Å². The molecule has 1 N–H and O–H groups in total. The summed E-state index contributed by atoms with van der Waals surface area (Å²) < 4.78 is 6.30. The summed E-state index contributed by atoms with van der Waals surface area (Å²) in [6, 6.07) is 5.76. The molecule has 0 radical (unpaired) electrons. The first kappa shape index (κ1) is 17.1. The normalized spacial score (nSPS) is 12.4. The Balaban J connectivity index is 2.43. The third-order valence-electron chi connectivity index (χ3n) is 3.10. The molecule has 0 fully saturated rings. The molecule has 1 heterocycles. The molecule has 0 saturated carbocycles. The monoisotopic (exact) mass is 407 g/mol. The van der Waals surface area contributed by atoms with Crippen molar-refractivity contribution < 1.29 is 4.74 Å². The van der Waals surface area contributed by atoms with E-state index in [2.05, 4.69) is 39.6 Å². The molecule has 1 aromatic carbocycles. The van der Waals surface area contributed by atoms with Crippen LogP contribution in [-0.4, -0.2) is 13.7 Å². The van der Waals surface area contributed by atoms with E-state index in [9.17, 15) is 0 Å². The fourth-order valence-corrected chi connectivity index (χ4v) is 3.81. The van der Waals surface area contributed by atoms with Crippen LogP contribution in [0.25, 0.3) is 0 Å². The maximum Gasteiger partial charge on any atom is 0.138 e. The van der Waals surface area contributed by atoms with Gasteiger partial charge in [0.15, 0.2) is 0 Å². The van der Waals surface area contributed by atoms with E-state index in [1.807, 2.05) is 6.07 Å². The second kappa shape index (κ2) is 7.84. The zero-order valence-corrected chi connectivity index (χ0v) is 15.7. The van der Waals surface area contributed by atoms with Crippen LogP contribution >= 0.6 is 50.5 Å². The number of rotatable bonds is 6. The maximum atomic E-state index is 6.42. The minimum atomic E-state index is 0.0170. The number of hydrogen-bond acceptors (Lipinski definition) is 3. The van der Waals surface area contributed by atoms with Crippen molar-refractivity contribution in [3.8, 4) is 5.75 Å². The van der Waals surface area contributed by atoms with Crippen LogP contribution in [0, 0.1) is 0 Å². The molecule has 1 aromatic heterocycles. The van der Waals surface area contributed by atoms with Gasteiger partial charge in [0.05, 0.1) is 22.0 Å². The minimum absolute atomic E-state index is 0.0170. The van der Waals surface area contributed by atoms with Crippen LogP contribution in [0.5, 0.6) is 5.75 Å². The van der Waals surface area contributed by atoms with Gasteiger partial charge in [-0.15, -0.1) is 11.3 Å². The van der Waals surface area contributed by atoms with E-state index in [0.29, 0.717) is 15.8 Å². The van der Waals surface area contributed by atoms with Crippen molar-refractivity contribution in [3.63, 3.8) is 0 Å². The maximum absolute atomic E-state index is 6.42. The molecule has 21 heavy (non-hydrogen) atoms. The molecule has 1 unspecified atom stereocenters. The number of methoxy groups -OCH3 is 1. The zero-order chi connectivity index (χ0) is 15.4. The Morgan fingerprint density at radius 3 is 2.62 bits per heavy atom. The Kier molecular flexibility index (Phi) is 6.38. The zero-order valence-electron chi connectivity index (χ0n) is 11.8. The first-order valence-electron chi connectivity index (χ1n) is 6.57. The molecule has 0 aliphatic heterocycles. The lowest BCUT2D eigenvalue weighted by atomic mass is 10.0. The third-order valence-corrected chi connectivity index (χ3v) is 5.25. The molecule has 114 valence electrons. The van der Waals surface area contributed by atoms with Crippen molar-refractivity contribution >= 4 is 50.5 Å². The van der Waals surface area contributed by atoms with Crippen molar-refractivity contribution in [1.82, 2.24) is 5.32 Å². The van der Waals surface area contributed by atoms with E-state index < -0.39 is 0 Å². The average molecular weight is 409 g/mol. The highest BCUT2D eigenvalue weighted by Crippen LogP contribution is 2.37. The number of thiophene rings is 1. The van der Waals surface area contributed by atoms with Crippen LogP contribution in [0.2, 0.25) is 10.0 Å². The Bertz CT molecular complexity index is 618. The molecule has 0 spiro atoms. The van der Waals surface area contributed by atoms with Gasteiger partial charge in [-0.3, -0.25) is 0 Å². The average Bonchev–Trinajstić information content (AvgIpc) is 2.89. The van der Waals surface area contributed by atoms with Crippen molar-refractivity contribution in [2.24, 2.45) is 0 Å². The van der Waals surface area contributed by atoms with Gasteiger partial charge in [-0.1, -0.05) is 30.1 Å². The molecule has 0 bridgehead atoms. The van der Waals surface area contributed by atoms with Crippen molar-refractivity contribution in [1.29, 1.82) is 0 Å². The van der Waals surface area contributed by atoms with E-state index in [-0.39, 0.29) is 6.04 Å². The molecular weight excluding hydrogens is 393 g/mol. The Hall–Kier alpha value is -0.260. The summed E-state index contributed by atoms with van der Waals surface area (Å²) in [5.74, 6) is 0.589. The number of nitrogens with one attached hydrogen (secondary N) is 1. The topological polar surface area (TPSA) is 21.3 Å². The van der Waals surface area contributed by atoms with Crippen LogP contribution in [0.1, 0.15) is 30.5 Å². The number of hydrogen-bond donors (Lipinski definition) is 1. The van der Waals surface area contributed by atoms with Gasteiger partial charge in [0, 0.05) is 11.1 Å². The van der Waals surface area contributed by atoms with Gasteiger partial charge < -0.3 is 10.1 Å². The predicted octanol–water partition coefficient (Wildman–Crippen LogP) is 5.92. The van der Waals surface area contributed by atoms with E-state index >= 15 is 0 Å². The van der Waals surface area contributed by atoms with E-state index in [0.717, 1.165) is 22.3 Å². The predicted molar refractivity (Wildman–Crippen MR) is 95.2 cm³/mol. The number of halogens is 3. The van der Waals surface area contributed by atoms with Gasteiger partial charge in [-0.2, -0.15) is 0 Å². The standard InChI is InChI=1S/C15H16BrCl2NOS/c1-3-4-19-15(9-5-14(16)21-8-9)10-6-12(18)13(20-2)7-11(10)17/h5-8,15,19H,3-4H2,1-2H3. The second-order valence-electron chi connectivity index (χ2n) is 4.58. The van der Waals surface area contributed by atoms with Crippen molar-refractivity contribution in [2.75, 3.05) is 13.7 Å². The first-order valence-corrected chi connectivity index (χ1v) is 9.00. The van der Waals surface area contributed by atoms with E-state index in [1.54, 1.807) is 24.5 Å². The molecule has 0 amide bonds. The quantitative estimate of drug-likeness (QED) is 0.640. The van der Waals surface area contributed by atoms with Gasteiger partial charge in [0.1, 0.15) is 5.75 Å². The molecular formula is C15H16BrCl2NOS. The summed E-state index contributed by atoms with van der Waals surface area (Å²) in [6.45, 7) is 3.04. The van der Waals surface area contributed by atoms with Crippen molar-refractivity contribution in [2.45, 2.75) is 19.4 Å². The lowest BCUT2D eigenvalue weighted by molar-refractivity contribution is 0.414. The fourth-order valence-electron chi connectivity index (χ4n) is 2.09. The van der Waals surface area contributed by atoms with Gasteiger partial charge in [-0.25, -0.2) is 0 Å². The molecule has 2 aromatic rings. The summed E-state index contributed by atoms with van der Waals surface area (Å²) in [5.41, 5.74) is 2.13. The molecule has 0 aliphatic rings.